The summed E-state index contributed by atoms with van der Waals surface area (Å²) < 4.78 is 0. The smallest absolute Gasteiger partial charge is 0.151 e. The van der Waals surface area contributed by atoms with Gasteiger partial charge in [0.05, 0.1) is 18.0 Å². The number of carbonyl (C=O) groups excluding carboxylic acids is 1. The largest absolute Gasteiger partial charge is 0.508 e. The highest BCUT2D eigenvalue weighted by Gasteiger charge is 2.23. The first-order valence-corrected chi connectivity index (χ1v) is 9.20. The standard InChI is InChI=1S/C22H24N2O2/c23-15-17(14-22(26)21-3-1-2-12-24-21)13-16-4-6-18(7-5-16)19-8-10-20(25)11-9-19/h4-11,17,21,24-25H,1-3,12-14H2/t17-,21+/m1/s1. The minimum atomic E-state index is -0.286. The van der Waals surface area contributed by atoms with E-state index in [2.05, 4.69) is 11.4 Å². The van der Waals surface area contributed by atoms with E-state index < -0.39 is 0 Å². The van der Waals surface area contributed by atoms with Gasteiger partial charge in [0, 0.05) is 6.42 Å². The van der Waals surface area contributed by atoms with Crippen LogP contribution in [0.4, 0.5) is 0 Å². The molecule has 0 aromatic heterocycles. The number of piperidine rings is 1. The lowest BCUT2D eigenvalue weighted by molar-refractivity contribution is -0.122. The normalized spacial score (nSPS) is 18.0. The van der Waals surface area contributed by atoms with Gasteiger partial charge in [0.15, 0.2) is 5.78 Å². The molecule has 2 aromatic rings. The van der Waals surface area contributed by atoms with E-state index in [1.807, 2.05) is 36.4 Å². The van der Waals surface area contributed by atoms with E-state index >= 15 is 0 Å². The molecule has 4 heteroatoms. The molecule has 2 N–H and O–H groups in total. The Balaban J connectivity index is 1.60. The van der Waals surface area contributed by atoms with Crippen molar-refractivity contribution < 1.29 is 9.90 Å². The number of benzene rings is 2. The number of hydrogen-bond donors (Lipinski definition) is 2. The van der Waals surface area contributed by atoms with E-state index in [4.69, 9.17) is 0 Å². The zero-order valence-electron chi connectivity index (χ0n) is 14.8. The molecule has 0 spiro atoms. The fourth-order valence-corrected chi connectivity index (χ4v) is 3.45. The van der Waals surface area contributed by atoms with Crippen molar-refractivity contribution >= 4 is 5.78 Å². The van der Waals surface area contributed by atoms with Crippen LogP contribution in [0.25, 0.3) is 11.1 Å². The summed E-state index contributed by atoms with van der Waals surface area (Å²) in [5.74, 6) is 0.127. The molecule has 0 saturated carbocycles. The summed E-state index contributed by atoms with van der Waals surface area (Å²) in [6.07, 6.45) is 4.00. The first kappa shape index (κ1) is 18.2. The molecule has 0 bridgehead atoms. The van der Waals surface area contributed by atoms with E-state index in [1.165, 1.54) is 0 Å². The topological polar surface area (TPSA) is 73.1 Å². The molecule has 0 radical (unpaired) electrons. The number of hydrogen-bond acceptors (Lipinski definition) is 4. The minimum Gasteiger partial charge on any atom is -0.508 e. The van der Waals surface area contributed by atoms with Gasteiger partial charge in [-0.1, -0.05) is 42.8 Å². The van der Waals surface area contributed by atoms with Gasteiger partial charge < -0.3 is 10.4 Å². The molecular formula is C22H24N2O2. The number of rotatable bonds is 6. The number of nitrogens with zero attached hydrogens (tertiary/aromatic N) is 1. The number of ketones is 1. The number of nitrogens with one attached hydrogen (secondary N) is 1. The number of nitriles is 1. The maximum absolute atomic E-state index is 12.4. The second-order valence-electron chi connectivity index (χ2n) is 6.95. The Morgan fingerprint density at radius 3 is 2.35 bits per heavy atom. The number of aromatic hydroxyl groups is 1. The lowest BCUT2D eigenvalue weighted by Gasteiger charge is -2.23. The zero-order valence-corrected chi connectivity index (χ0v) is 14.8. The second-order valence-corrected chi connectivity index (χ2v) is 6.95. The molecule has 1 heterocycles. The van der Waals surface area contributed by atoms with E-state index in [0.717, 1.165) is 42.5 Å². The number of Topliss-reactive ketones (excluding diaryl/α,β-unsaturated/α-hetero) is 1. The van der Waals surface area contributed by atoms with Crippen LogP contribution in [0, 0.1) is 17.2 Å². The van der Waals surface area contributed by atoms with E-state index in [0.29, 0.717) is 12.8 Å². The molecule has 0 aliphatic carbocycles. The number of carbonyl (C=O) groups is 1. The summed E-state index contributed by atoms with van der Waals surface area (Å²) in [6.45, 7) is 0.895. The van der Waals surface area contributed by atoms with Crippen molar-refractivity contribution in [3.63, 3.8) is 0 Å². The van der Waals surface area contributed by atoms with Crippen LogP contribution in [-0.4, -0.2) is 23.5 Å². The fraction of sp³-hybridized carbons (Fsp3) is 0.364. The Bertz CT molecular complexity index is 769. The second kappa shape index (κ2) is 8.64. The maximum Gasteiger partial charge on any atom is 0.151 e. The Hall–Kier alpha value is -2.64. The van der Waals surface area contributed by atoms with Crippen molar-refractivity contribution in [3.8, 4) is 22.9 Å². The molecule has 134 valence electrons. The van der Waals surface area contributed by atoms with Crippen LogP contribution in [0.5, 0.6) is 5.75 Å². The molecule has 1 saturated heterocycles. The maximum atomic E-state index is 12.4. The Morgan fingerprint density at radius 2 is 1.77 bits per heavy atom. The van der Waals surface area contributed by atoms with Gasteiger partial charge in [-0.25, -0.2) is 0 Å². The summed E-state index contributed by atoms with van der Waals surface area (Å²) in [7, 11) is 0. The predicted octanol–water partition coefficient (Wildman–Crippen LogP) is 3.84. The predicted molar refractivity (Wildman–Crippen MR) is 102 cm³/mol. The molecule has 1 aliphatic rings. The third-order valence-electron chi connectivity index (χ3n) is 4.97. The minimum absolute atomic E-state index is 0.0727. The van der Waals surface area contributed by atoms with E-state index in [9.17, 15) is 15.2 Å². The third kappa shape index (κ3) is 4.71. The SMILES string of the molecule is N#C[C@@H](CC(=O)[C@@H]1CCCCN1)Cc1ccc(-c2ccc(O)cc2)cc1. The van der Waals surface area contributed by atoms with Crippen LogP contribution in [0.1, 0.15) is 31.2 Å². The van der Waals surface area contributed by atoms with Gasteiger partial charge in [0.2, 0.25) is 0 Å². The first-order chi connectivity index (χ1) is 12.7. The molecule has 2 atom stereocenters. The highest BCUT2D eigenvalue weighted by molar-refractivity contribution is 5.84. The van der Waals surface area contributed by atoms with Crippen molar-refractivity contribution in [3.05, 3.63) is 54.1 Å². The van der Waals surface area contributed by atoms with E-state index in [1.54, 1.807) is 12.1 Å². The molecule has 26 heavy (non-hydrogen) atoms. The lowest BCUT2D eigenvalue weighted by atomic mass is 9.90. The van der Waals surface area contributed by atoms with Crippen LogP contribution in [0.15, 0.2) is 48.5 Å². The lowest BCUT2D eigenvalue weighted by Crippen LogP contribution is -2.41. The quantitative estimate of drug-likeness (QED) is 0.832. The Morgan fingerprint density at radius 1 is 1.12 bits per heavy atom. The zero-order chi connectivity index (χ0) is 18.4. The third-order valence-corrected chi connectivity index (χ3v) is 4.97. The van der Waals surface area contributed by atoms with Crippen LogP contribution >= 0.6 is 0 Å². The highest BCUT2D eigenvalue weighted by atomic mass is 16.3. The number of phenolic OH excluding ortho intramolecular Hbond substituents is 1. The summed E-state index contributed by atoms with van der Waals surface area (Å²) >= 11 is 0. The highest BCUT2D eigenvalue weighted by Crippen LogP contribution is 2.23. The summed E-state index contributed by atoms with van der Waals surface area (Å²) in [4.78, 5) is 12.4. The molecule has 0 amide bonds. The summed E-state index contributed by atoms with van der Waals surface area (Å²) in [5, 5.41) is 22.1. The first-order valence-electron chi connectivity index (χ1n) is 9.20. The Labute approximate surface area is 154 Å². The van der Waals surface area contributed by atoms with Crippen LogP contribution < -0.4 is 5.32 Å². The molecule has 2 aromatic carbocycles. The van der Waals surface area contributed by atoms with Gasteiger partial charge in [0.1, 0.15) is 5.75 Å². The molecule has 4 nitrogen and oxygen atoms in total. The molecule has 3 rings (SSSR count). The molecular weight excluding hydrogens is 324 g/mol. The average molecular weight is 348 g/mol. The summed E-state index contributed by atoms with van der Waals surface area (Å²) in [6, 6.07) is 17.4. The average Bonchev–Trinajstić information content (AvgIpc) is 2.69. The van der Waals surface area contributed by atoms with Gasteiger partial charge in [-0.15, -0.1) is 0 Å². The fourth-order valence-electron chi connectivity index (χ4n) is 3.45. The van der Waals surface area contributed by atoms with Crippen LogP contribution in [-0.2, 0) is 11.2 Å². The van der Waals surface area contributed by atoms with Crippen molar-refractivity contribution in [2.45, 2.75) is 38.1 Å². The van der Waals surface area contributed by atoms with Crippen molar-refractivity contribution in [2.24, 2.45) is 5.92 Å². The number of phenols is 1. The molecule has 1 aliphatic heterocycles. The van der Waals surface area contributed by atoms with Crippen molar-refractivity contribution in [1.82, 2.24) is 5.32 Å². The monoisotopic (exact) mass is 348 g/mol. The summed E-state index contributed by atoms with van der Waals surface area (Å²) in [5.41, 5.74) is 3.15. The van der Waals surface area contributed by atoms with Gasteiger partial charge in [-0.05, 0) is 54.6 Å². The molecule has 0 unspecified atom stereocenters. The van der Waals surface area contributed by atoms with Crippen molar-refractivity contribution in [2.75, 3.05) is 6.54 Å². The Kier molecular flexibility index (Phi) is 6.04. The van der Waals surface area contributed by atoms with Gasteiger partial charge in [0.25, 0.3) is 0 Å². The van der Waals surface area contributed by atoms with Gasteiger partial charge in [-0.3, -0.25) is 4.79 Å². The van der Waals surface area contributed by atoms with Crippen molar-refractivity contribution in [1.29, 1.82) is 5.26 Å². The molecule has 1 fully saturated rings. The van der Waals surface area contributed by atoms with Gasteiger partial charge in [-0.2, -0.15) is 5.26 Å². The van der Waals surface area contributed by atoms with Crippen LogP contribution in [0.2, 0.25) is 0 Å². The van der Waals surface area contributed by atoms with E-state index in [-0.39, 0.29) is 23.5 Å². The van der Waals surface area contributed by atoms with Gasteiger partial charge >= 0.3 is 0 Å². The van der Waals surface area contributed by atoms with Crippen LogP contribution in [0.3, 0.4) is 0 Å².